The molecule has 1 aromatic rings. The second-order valence-corrected chi connectivity index (χ2v) is 5.12. The van der Waals surface area contributed by atoms with E-state index in [1.54, 1.807) is 0 Å². The summed E-state index contributed by atoms with van der Waals surface area (Å²) < 4.78 is 1.16. The number of nitrogens with one attached hydrogen (secondary N) is 1. The molecule has 0 aromatic heterocycles. The van der Waals surface area contributed by atoms with Crippen LogP contribution in [0, 0.1) is 5.92 Å². The lowest BCUT2D eigenvalue weighted by atomic mass is 10.0. The smallest absolute Gasteiger partial charge is 0.0437 e. The zero-order chi connectivity index (χ0) is 9.00. The van der Waals surface area contributed by atoms with Gasteiger partial charge in [-0.25, -0.2) is 0 Å². The number of rotatable bonds is 0. The van der Waals surface area contributed by atoms with E-state index in [4.69, 9.17) is 11.6 Å². The summed E-state index contributed by atoms with van der Waals surface area (Å²) in [5, 5.41) is 4.22. The van der Waals surface area contributed by atoms with Crippen molar-refractivity contribution in [1.29, 1.82) is 0 Å². The molecule has 0 radical (unpaired) electrons. The highest BCUT2D eigenvalue weighted by Crippen LogP contribution is 2.55. The Kier molecular flexibility index (Phi) is 1.65. The van der Waals surface area contributed by atoms with Crippen LogP contribution in [0.1, 0.15) is 17.9 Å². The number of hydrogen-bond acceptors (Lipinski definition) is 1. The molecule has 1 aliphatic carbocycles. The first-order chi connectivity index (χ1) is 6.25. The van der Waals surface area contributed by atoms with Gasteiger partial charge in [0.1, 0.15) is 0 Å². The number of fused-ring (bicyclic) bond motifs is 3. The van der Waals surface area contributed by atoms with E-state index in [0.29, 0.717) is 0 Å². The standard InChI is InChI=1S/C10H9BrClN/c11-8-2-6(12)3-9-10(8)7-1-5(7)4-13-9/h2-3,5,7,13H,1,4H2. The summed E-state index contributed by atoms with van der Waals surface area (Å²) in [4.78, 5) is 0. The van der Waals surface area contributed by atoms with Crippen LogP contribution in [0.5, 0.6) is 0 Å². The minimum atomic E-state index is 0.780. The SMILES string of the molecule is Clc1cc(Br)c2c(c1)NCC1CC21. The summed E-state index contributed by atoms with van der Waals surface area (Å²) >= 11 is 9.55. The van der Waals surface area contributed by atoms with E-state index < -0.39 is 0 Å². The number of hydrogen-bond donors (Lipinski definition) is 1. The molecule has 1 heterocycles. The van der Waals surface area contributed by atoms with Crippen LogP contribution in [-0.4, -0.2) is 6.54 Å². The van der Waals surface area contributed by atoms with Gasteiger partial charge in [-0.05, 0) is 36.0 Å². The summed E-state index contributed by atoms with van der Waals surface area (Å²) in [6.45, 7) is 1.12. The number of halogens is 2. The Morgan fingerprint density at radius 3 is 3.15 bits per heavy atom. The Morgan fingerprint density at radius 2 is 2.31 bits per heavy atom. The lowest BCUT2D eigenvalue weighted by Gasteiger charge is -2.18. The van der Waals surface area contributed by atoms with Crippen LogP contribution in [0.3, 0.4) is 0 Å². The zero-order valence-corrected chi connectivity index (χ0v) is 9.32. The molecule has 1 aliphatic heterocycles. The molecule has 68 valence electrons. The first-order valence-electron chi connectivity index (χ1n) is 4.48. The molecule has 1 fully saturated rings. The van der Waals surface area contributed by atoms with Gasteiger partial charge in [0.05, 0.1) is 0 Å². The van der Waals surface area contributed by atoms with Crippen LogP contribution in [0.4, 0.5) is 5.69 Å². The first-order valence-corrected chi connectivity index (χ1v) is 5.65. The Bertz CT molecular complexity index is 377. The highest BCUT2D eigenvalue weighted by atomic mass is 79.9. The minimum absolute atomic E-state index is 0.780. The van der Waals surface area contributed by atoms with Gasteiger partial charge in [-0.3, -0.25) is 0 Å². The van der Waals surface area contributed by atoms with Crippen molar-refractivity contribution in [3.8, 4) is 0 Å². The Labute approximate surface area is 90.6 Å². The van der Waals surface area contributed by atoms with Crippen molar-refractivity contribution in [2.75, 3.05) is 11.9 Å². The van der Waals surface area contributed by atoms with Crippen molar-refractivity contribution in [1.82, 2.24) is 0 Å². The molecule has 13 heavy (non-hydrogen) atoms. The second kappa shape index (κ2) is 2.64. The van der Waals surface area contributed by atoms with Gasteiger partial charge < -0.3 is 5.32 Å². The van der Waals surface area contributed by atoms with E-state index in [-0.39, 0.29) is 0 Å². The fourth-order valence-corrected chi connectivity index (χ4v) is 3.28. The van der Waals surface area contributed by atoms with Gasteiger partial charge in [0.15, 0.2) is 0 Å². The van der Waals surface area contributed by atoms with E-state index in [0.717, 1.165) is 27.9 Å². The maximum Gasteiger partial charge on any atom is 0.0437 e. The van der Waals surface area contributed by atoms with E-state index in [9.17, 15) is 0 Å². The molecule has 2 aliphatic rings. The summed E-state index contributed by atoms with van der Waals surface area (Å²) in [6, 6.07) is 4.01. The molecule has 0 bridgehead atoms. The fourth-order valence-electron chi connectivity index (χ4n) is 2.18. The van der Waals surface area contributed by atoms with E-state index in [2.05, 4.69) is 21.2 Å². The van der Waals surface area contributed by atoms with Gasteiger partial charge in [0.2, 0.25) is 0 Å². The molecular weight excluding hydrogens is 249 g/mol. The predicted molar refractivity (Wildman–Crippen MR) is 58.5 cm³/mol. The van der Waals surface area contributed by atoms with Gasteiger partial charge >= 0.3 is 0 Å². The minimum Gasteiger partial charge on any atom is -0.384 e. The van der Waals surface area contributed by atoms with Gasteiger partial charge in [0, 0.05) is 21.7 Å². The number of anilines is 1. The van der Waals surface area contributed by atoms with E-state index in [1.165, 1.54) is 17.7 Å². The average Bonchev–Trinajstić information content (AvgIpc) is 2.80. The molecule has 1 saturated carbocycles. The van der Waals surface area contributed by atoms with Crippen LogP contribution >= 0.6 is 27.5 Å². The Hall–Kier alpha value is -0.210. The average molecular weight is 259 g/mol. The van der Waals surface area contributed by atoms with Crippen LogP contribution in [-0.2, 0) is 0 Å². The predicted octanol–water partition coefficient (Wildman–Crippen LogP) is 3.63. The monoisotopic (exact) mass is 257 g/mol. The fraction of sp³-hybridized carbons (Fsp3) is 0.400. The topological polar surface area (TPSA) is 12.0 Å². The largest absolute Gasteiger partial charge is 0.384 e. The van der Waals surface area contributed by atoms with Crippen molar-refractivity contribution in [3.63, 3.8) is 0 Å². The van der Waals surface area contributed by atoms with Gasteiger partial charge in [-0.2, -0.15) is 0 Å². The number of benzene rings is 1. The molecule has 1 nitrogen and oxygen atoms in total. The molecule has 0 saturated heterocycles. The highest BCUT2D eigenvalue weighted by molar-refractivity contribution is 9.10. The maximum absolute atomic E-state index is 5.97. The van der Waals surface area contributed by atoms with Crippen LogP contribution in [0.25, 0.3) is 0 Å². The molecule has 3 heteroatoms. The van der Waals surface area contributed by atoms with Gasteiger partial charge in [-0.15, -0.1) is 0 Å². The summed E-state index contributed by atoms with van der Waals surface area (Å²) in [5.41, 5.74) is 2.65. The van der Waals surface area contributed by atoms with Crippen molar-refractivity contribution < 1.29 is 0 Å². The van der Waals surface area contributed by atoms with Crippen molar-refractivity contribution >= 4 is 33.2 Å². The van der Waals surface area contributed by atoms with E-state index >= 15 is 0 Å². The summed E-state index contributed by atoms with van der Waals surface area (Å²) in [5.74, 6) is 1.65. The summed E-state index contributed by atoms with van der Waals surface area (Å²) in [7, 11) is 0. The quantitative estimate of drug-likeness (QED) is 0.749. The first kappa shape index (κ1) is 8.13. The molecule has 2 unspecified atom stereocenters. The van der Waals surface area contributed by atoms with Crippen LogP contribution < -0.4 is 5.32 Å². The van der Waals surface area contributed by atoms with Crippen LogP contribution in [0.15, 0.2) is 16.6 Å². The molecule has 0 amide bonds. The molecule has 1 aromatic carbocycles. The highest BCUT2D eigenvalue weighted by Gasteiger charge is 2.43. The van der Waals surface area contributed by atoms with Crippen molar-refractivity contribution in [2.45, 2.75) is 12.3 Å². The summed E-state index contributed by atoms with van der Waals surface area (Å²) in [6.07, 6.45) is 1.33. The van der Waals surface area contributed by atoms with E-state index in [1.807, 2.05) is 12.1 Å². The molecular formula is C10H9BrClN. The molecule has 2 atom stereocenters. The third-order valence-electron chi connectivity index (χ3n) is 2.94. The van der Waals surface area contributed by atoms with Crippen molar-refractivity contribution in [3.05, 3.63) is 27.2 Å². The Morgan fingerprint density at radius 1 is 1.46 bits per heavy atom. The van der Waals surface area contributed by atoms with Gasteiger partial charge in [0.25, 0.3) is 0 Å². The lowest BCUT2D eigenvalue weighted by molar-refractivity contribution is 0.814. The molecule has 3 rings (SSSR count). The van der Waals surface area contributed by atoms with Crippen molar-refractivity contribution in [2.24, 2.45) is 5.92 Å². The van der Waals surface area contributed by atoms with Gasteiger partial charge in [-0.1, -0.05) is 27.5 Å². The second-order valence-electron chi connectivity index (χ2n) is 3.83. The molecule has 1 N–H and O–H groups in total. The maximum atomic E-state index is 5.97. The van der Waals surface area contributed by atoms with Crippen LogP contribution in [0.2, 0.25) is 5.02 Å². The Balaban J connectivity index is 2.19. The molecule has 0 spiro atoms. The zero-order valence-electron chi connectivity index (χ0n) is 6.98. The lowest BCUT2D eigenvalue weighted by Crippen LogP contribution is -2.12. The third kappa shape index (κ3) is 1.19. The normalized spacial score (nSPS) is 28.8. The third-order valence-corrected chi connectivity index (χ3v) is 3.82.